The van der Waals surface area contributed by atoms with Gasteiger partial charge in [-0.25, -0.2) is 9.37 Å². The summed E-state index contributed by atoms with van der Waals surface area (Å²) in [5.41, 5.74) is 2.86. The van der Waals surface area contributed by atoms with E-state index in [9.17, 15) is 4.79 Å². The number of hydrogen-bond acceptors (Lipinski definition) is 6. The molecule has 9 heteroatoms. The third kappa shape index (κ3) is 6.48. The van der Waals surface area contributed by atoms with E-state index in [1.807, 2.05) is 60.7 Å². The van der Waals surface area contributed by atoms with Crippen LogP contribution in [0.25, 0.3) is 43.8 Å². The van der Waals surface area contributed by atoms with Crippen molar-refractivity contribution in [2.24, 2.45) is 7.05 Å². The molecule has 0 aliphatic rings. The summed E-state index contributed by atoms with van der Waals surface area (Å²) >= 11 is 3.48. The summed E-state index contributed by atoms with van der Waals surface area (Å²) < 4.78 is 28.6. The standard InChI is InChI=1S/C28H22FN3O2.C10H8BrNO/c1-32-27(14-18-6-4-3-5-7-18)31-17-23(28(32)33)19-8-9-22(25(29)15-19)20-10-11-26(34-2)24-16-30-13-12-21(20)24;1-13-10-3-2-9(11)7-4-5-12-6-8(7)10/h3-13,15-17H,14H2,1-2H3;2-6H,1H3. The topological polar surface area (TPSA) is 79.1 Å². The summed E-state index contributed by atoms with van der Waals surface area (Å²) in [6, 6.07) is 26.0. The second-order valence-electron chi connectivity index (χ2n) is 10.7. The van der Waals surface area contributed by atoms with Crippen molar-refractivity contribution in [2.45, 2.75) is 6.42 Å². The van der Waals surface area contributed by atoms with E-state index in [0.29, 0.717) is 34.7 Å². The summed E-state index contributed by atoms with van der Waals surface area (Å²) in [5, 5.41) is 3.79. The van der Waals surface area contributed by atoms with Crippen molar-refractivity contribution in [3.05, 3.63) is 148 Å². The Labute approximate surface area is 279 Å². The Morgan fingerprint density at radius 1 is 0.723 bits per heavy atom. The van der Waals surface area contributed by atoms with Crippen LogP contribution in [-0.4, -0.2) is 33.7 Å². The SMILES string of the molecule is COc1ccc(-c2ccc(-c3cnc(Cc4ccccc4)n(C)c3=O)cc2F)c2ccncc12.COc1ccc(Br)c2ccncc12. The van der Waals surface area contributed by atoms with Crippen molar-refractivity contribution in [1.82, 2.24) is 19.5 Å². The Morgan fingerprint density at radius 3 is 2.04 bits per heavy atom. The second-order valence-corrected chi connectivity index (χ2v) is 11.6. The van der Waals surface area contributed by atoms with E-state index in [1.54, 1.807) is 64.3 Å². The van der Waals surface area contributed by atoms with Crippen molar-refractivity contribution in [2.75, 3.05) is 14.2 Å². The molecular formula is C38H30BrFN4O3. The number of pyridine rings is 2. The minimum atomic E-state index is -0.420. The highest BCUT2D eigenvalue weighted by molar-refractivity contribution is 9.10. The van der Waals surface area contributed by atoms with Gasteiger partial charge < -0.3 is 9.47 Å². The molecular weight excluding hydrogens is 659 g/mol. The van der Waals surface area contributed by atoms with Gasteiger partial charge in [-0.3, -0.25) is 19.3 Å². The minimum absolute atomic E-state index is 0.214. The van der Waals surface area contributed by atoms with Gasteiger partial charge in [0.2, 0.25) is 0 Å². The van der Waals surface area contributed by atoms with E-state index in [0.717, 1.165) is 42.9 Å². The van der Waals surface area contributed by atoms with E-state index >= 15 is 4.39 Å². The molecule has 0 fully saturated rings. The van der Waals surface area contributed by atoms with E-state index in [2.05, 4.69) is 30.9 Å². The number of methoxy groups -OCH3 is 2. The monoisotopic (exact) mass is 688 g/mol. The van der Waals surface area contributed by atoms with Gasteiger partial charge in [0, 0.05) is 70.6 Å². The molecule has 0 spiro atoms. The fraction of sp³-hybridized carbons (Fsp3) is 0.105. The Morgan fingerprint density at radius 2 is 1.36 bits per heavy atom. The van der Waals surface area contributed by atoms with Crippen LogP contribution in [0, 0.1) is 5.82 Å². The van der Waals surface area contributed by atoms with Crippen molar-refractivity contribution < 1.29 is 13.9 Å². The van der Waals surface area contributed by atoms with Crippen molar-refractivity contribution in [3.63, 3.8) is 0 Å². The molecule has 47 heavy (non-hydrogen) atoms. The van der Waals surface area contributed by atoms with Crippen LogP contribution in [0.15, 0.2) is 125 Å². The molecule has 3 heterocycles. The largest absolute Gasteiger partial charge is 0.496 e. The number of rotatable bonds is 6. The lowest BCUT2D eigenvalue weighted by atomic mass is 9.96. The highest BCUT2D eigenvalue weighted by atomic mass is 79.9. The molecule has 7 nitrogen and oxygen atoms in total. The first-order valence-electron chi connectivity index (χ1n) is 14.8. The lowest BCUT2D eigenvalue weighted by Crippen LogP contribution is -2.23. The normalized spacial score (nSPS) is 10.8. The number of nitrogens with zero attached hydrogens (tertiary/aromatic N) is 4. The van der Waals surface area contributed by atoms with Gasteiger partial charge in [0.1, 0.15) is 23.1 Å². The predicted molar refractivity (Wildman–Crippen MR) is 187 cm³/mol. The molecule has 0 N–H and O–H groups in total. The number of halogens is 2. The third-order valence-electron chi connectivity index (χ3n) is 7.98. The molecule has 0 unspecified atom stereocenters. The van der Waals surface area contributed by atoms with Gasteiger partial charge in [-0.05, 0) is 64.5 Å². The Hall–Kier alpha value is -5.41. The van der Waals surface area contributed by atoms with Crippen molar-refractivity contribution >= 4 is 37.5 Å². The quantitative estimate of drug-likeness (QED) is 0.175. The smallest absolute Gasteiger partial charge is 0.261 e. The highest BCUT2D eigenvalue weighted by Gasteiger charge is 2.15. The van der Waals surface area contributed by atoms with Gasteiger partial charge in [-0.1, -0.05) is 58.4 Å². The third-order valence-corrected chi connectivity index (χ3v) is 8.67. The van der Waals surface area contributed by atoms with Gasteiger partial charge >= 0.3 is 0 Å². The maximum atomic E-state index is 15.4. The zero-order valence-corrected chi connectivity index (χ0v) is 27.5. The first-order valence-corrected chi connectivity index (χ1v) is 15.5. The first kappa shape index (κ1) is 31.6. The van der Waals surface area contributed by atoms with Crippen molar-refractivity contribution in [1.29, 1.82) is 0 Å². The summed E-state index contributed by atoms with van der Waals surface area (Å²) in [6.45, 7) is 0. The van der Waals surface area contributed by atoms with E-state index < -0.39 is 5.82 Å². The molecule has 0 saturated carbocycles. The number of benzene rings is 4. The maximum Gasteiger partial charge on any atom is 0.261 e. The lowest BCUT2D eigenvalue weighted by Gasteiger charge is -2.13. The first-order chi connectivity index (χ1) is 22.9. The zero-order chi connectivity index (χ0) is 32.9. The molecule has 0 saturated heterocycles. The summed E-state index contributed by atoms with van der Waals surface area (Å²) in [7, 11) is 4.95. The average Bonchev–Trinajstić information content (AvgIpc) is 3.11. The van der Waals surface area contributed by atoms with Gasteiger partial charge in [0.05, 0.1) is 19.8 Å². The van der Waals surface area contributed by atoms with E-state index in [4.69, 9.17) is 9.47 Å². The van der Waals surface area contributed by atoms with Gasteiger partial charge in [-0.15, -0.1) is 0 Å². The predicted octanol–water partition coefficient (Wildman–Crippen LogP) is 8.41. The molecule has 0 atom stereocenters. The number of hydrogen-bond donors (Lipinski definition) is 0. The fourth-order valence-corrected chi connectivity index (χ4v) is 5.98. The molecule has 0 amide bonds. The van der Waals surface area contributed by atoms with Crippen LogP contribution in [0.5, 0.6) is 11.5 Å². The maximum absolute atomic E-state index is 15.4. The van der Waals surface area contributed by atoms with Gasteiger partial charge in [0.25, 0.3) is 5.56 Å². The Bertz CT molecular complexity index is 2280. The number of fused-ring (bicyclic) bond motifs is 2. The highest BCUT2D eigenvalue weighted by Crippen LogP contribution is 2.36. The number of ether oxygens (including phenoxy) is 2. The van der Waals surface area contributed by atoms with Gasteiger partial charge in [-0.2, -0.15) is 0 Å². The van der Waals surface area contributed by atoms with E-state index in [1.165, 1.54) is 16.8 Å². The molecule has 3 aromatic heterocycles. The van der Waals surface area contributed by atoms with Crippen LogP contribution < -0.4 is 15.0 Å². The summed E-state index contributed by atoms with van der Waals surface area (Å²) in [5.74, 6) is 1.76. The second kappa shape index (κ2) is 13.9. The van der Waals surface area contributed by atoms with Crippen LogP contribution in [0.4, 0.5) is 4.39 Å². The van der Waals surface area contributed by atoms with Crippen LogP contribution in [-0.2, 0) is 13.5 Å². The van der Waals surface area contributed by atoms with E-state index in [-0.39, 0.29) is 5.56 Å². The summed E-state index contributed by atoms with van der Waals surface area (Å²) in [6.07, 6.45) is 9.02. The molecule has 4 aromatic carbocycles. The Kier molecular flexibility index (Phi) is 9.35. The van der Waals surface area contributed by atoms with Crippen LogP contribution in [0.3, 0.4) is 0 Å². The number of aromatic nitrogens is 4. The Balaban J connectivity index is 0.000000248. The molecule has 0 aliphatic heterocycles. The molecule has 0 bridgehead atoms. The van der Waals surface area contributed by atoms with Crippen LogP contribution in [0.1, 0.15) is 11.4 Å². The zero-order valence-electron chi connectivity index (χ0n) is 25.9. The van der Waals surface area contributed by atoms with Crippen molar-refractivity contribution in [3.8, 4) is 33.8 Å². The van der Waals surface area contributed by atoms with Crippen LogP contribution in [0.2, 0.25) is 0 Å². The molecule has 234 valence electrons. The minimum Gasteiger partial charge on any atom is -0.496 e. The molecule has 7 rings (SSSR count). The lowest BCUT2D eigenvalue weighted by molar-refractivity contribution is 0.419. The summed E-state index contributed by atoms with van der Waals surface area (Å²) in [4.78, 5) is 25.8. The molecule has 0 aliphatic carbocycles. The molecule has 7 aromatic rings. The fourth-order valence-electron chi connectivity index (χ4n) is 5.50. The van der Waals surface area contributed by atoms with Crippen LogP contribution >= 0.6 is 15.9 Å². The van der Waals surface area contributed by atoms with Gasteiger partial charge in [0.15, 0.2) is 0 Å². The average molecular weight is 690 g/mol. The molecule has 0 radical (unpaired) electrons.